The van der Waals surface area contributed by atoms with E-state index in [1.54, 1.807) is 18.2 Å². The van der Waals surface area contributed by atoms with Gasteiger partial charge in [0.25, 0.3) is 0 Å². The first-order chi connectivity index (χ1) is 11.7. The molecule has 0 bridgehead atoms. The summed E-state index contributed by atoms with van der Waals surface area (Å²) in [4.78, 5) is 0. The van der Waals surface area contributed by atoms with Crippen LogP contribution in [0.25, 0.3) is 0 Å². The highest BCUT2D eigenvalue weighted by Crippen LogP contribution is 2.43. The number of hydrogen-bond donors (Lipinski definition) is 0. The SMILES string of the molecule is C=C/C=C\C(=C/C)C1C(=C/C)/C(=C\C=C)OC1C(/C=C\C)=C/C=C. The van der Waals surface area contributed by atoms with Gasteiger partial charge in [-0.3, -0.25) is 0 Å². The molecule has 24 heavy (non-hydrogen) atoms. The first-order valence-corrected chi connectivity index (χ1v) is 8.24. The largest absolute Gasteiger partial charge is 0.484 e. The Hall–Kier alpha value is -2.54. The molecule has 1 rings (SSSR count). The van der Waals surface area contributed by atoms with Crippen LogP contribution in [0.3, 0.4) is 0 Å². The van der Waals surface area contributed by atoms with E-state index in [9.17, 15) is 0 Å². The predicted molar refractivity (Wildman–Crippen MR) is 107 cm³/mol. The van der Waals surface area contributed by atoms with Gasteiger partial charge in [-0.2, -0.15) is 0 Å². The molecule has 2 unspecified atom stereocenters. The lowest BCUT2D eigenvalue weighted by Gasteiger charge is -2.21. The molecule has 0 spiro atoms. The zero-order valence-electron chi connectivity index (χ0n) is 15.0. The molecule has 1 saturated heterocycles. The smallest absolute Gasteiger partial charge is 0.135 e. The normalized spacial score (nSPS) is 25.6. The minimum absolute atomic E-state index is 0.0998. The van der Waals surface area contributed by atoms with Gasteiger partial charge in [0.1, 0.15) is 11.9 Å². The van der Waals surface area contributed by atoms with Crippen LogP contribution in [0.4, 0.5) is 0 Å². The summed E-state index contributed by atoms with van der Waals surface area (Å²) in [6.07, 6.45) is 21.6. The molecule has 1 aliphatic rings. The maximum atomic E-state index is 6.30. The van der Waals surface area contributed by atoms with Crippen LogP contribution in [-0.2, 0) is 4.74 Å². The first kappa shape index (κ1) is 19.5. The van der Waals surface area contributed by atoms with Crippen molar-refractivity contribution < 1.29 is 4.74 Å². The average molecular weight is 320 g/mol. The van der Waals surface area contributed by atoms with E-state index in [1.807, 2.05) is 38.2 Å². The second-order valence-electron chi connectivity index (χ2n) is 5.31. The van der Waals surface area contributed by atoms with Crippen molar-refractivity contribution >= 4 is 0 Å². The molecule has 1 heteroatoms. The lowest BCUT2D eigenvalue weighted by atomic mass is 9.83. The Morgan fingerprint density at radius 1 is 0.958 bits per heavy atom. The average Bonchev–Trinajstić information content (AvgIpc) is 2.94. The quantitative estimate of drug-likeness (QED) is 0.493. The van der Waals surface area contributed by atoms with Crippen LogP contribution in [-0.4, -0.2) is 6.10 Å². The van der Waals surface area contributed by atoms with Crippen LogP contribution in [0.2, 0.25) is 0 Å². The Labute approximate surface area is 147 Å². The number of allylic oxidation sites excluding steroid dienone is 11. The van der Waals surface area contributed by atoms with Crippen LogP contribution in [0.15, 0.2) is 109 Å². The highest BCUT2D eigenvalue weighted by atomic mass is 16.5. The zero-order chi connectivity index (χ0) is 17.9. The summed E-state index contributed by atoms with van der Waals surface area (Å²) in [6.45, 7) is 17.5. The van der Waals surface area contributed by atoms with E-state index < -0.39 is 0 Å². The van der Waals surface area contributed by atoms with Crippen LogP contribution < -0.4 is 0 Å². The molecule has 0 amide bonds. The molecule has 0 aliphatic carbocycles. The minimum atomic E-state index is -0.0998. The Balaban J connectivity index is 3.52. The molecule has 0 radical (unpaired) electrons. The molecule has 126 valence electrons. The standard InChI is InChI=1S/C23H28O/c1-7-13-17-18(11-5)22-20(12-6)21(16-10-4)24-23(22)19(14-8-2)15-9-3/h7-17,22-23H,1-2,4H2,3,5-6H3/b15-9-,17-13-,18-11+,19-14+,20-12+,21-16+. The lowest BCUT2D eigenvalue weighted by molar-refractivity contribution is 0.176. The maximum absolute atomic E-state index is 6.30. The minimum Gasteiger partial charge on any atom is -0.484 e. The Bertz CT molecular complexity index is 648. The van der Waals surface area contributed by atoms with Gasteiger partial charge < -0.3 is 4.74 Å². The molecular weight excluding hydrogens is 292 g/mol. The van der Waals surface area contributed by atoms with E-state index in [1.165, 1.54) is 11.1 Å². The van der Waals surface area contributed by atoms with Crippen molar-refractivity contribution in [3.8, 4) is 0 Å². The topological polar surface area (TPSA) is 9.23 Å². The van der Waals surface area contributed by atoms with Gasteiger partial charge in [-0.05, 0) is 38.0 Å². The fraction of sp³-hybridized carbons (Fsp3) is 0.217. The van der Waals surface area contributed by atoms with Gasteiger partial charge in [0.2, 0.25) is 0 Å². The maximum Gasteiger partial charge on any atom is 0.135 e. The van der Waals surface area contributed by atoms with E-state index >= 15 is 0 Å². The molecule has 1 aliphatic heterocycles. The van der Waals surface area contributed by atoms with Crippen LogP contribution >= 0.6 is 0 Å². The highest BCUT2D eigenvalue weighted by molar-refractivity contribution is 5.48. The van der Waals surface area contributed by atoms with Crippen molar-refractivity contribution in [2.75, 3.05) is 0 Å². The molecule has 0 saturated carbocycles. The Kier molecular flexibility index (Phi) is 8.35. The third-order valence-corrected chi connectivity index (χ3v) is 3.87. The number of hydrogen-bond acceptors (Lipinski definition) is 1. The van der Waals surface area contributed by atoms with Gasteiger partial charge in [-0.15, -0.1) is 0 Å². The fourth-order valence-electron chi connectivity index (χ4n) is 2.90. The van der Waals surface area contributed by atoms with Crippen LogP contribution in [0, 0.1) is 5.92 Å². The molecule has 0 aromatic rings. The summed E-state index contributed by atoms with van der Waals surface area (Å²) in [6, 6.07) is 0. The first-order valence-electron chi connectivity index (χ1n) is 8.24. The van der Waals surface area contributed by atoms with E-state index in [-0.39, 0.29) is 12.0 Å². The number of rotatable bonds is 7. The monoisotopic (exact) mass is 320 g/mol. The molecule has 1 fully saturated rings. The lowest BCUT2D eigenvalue weighted by Crippen LogP contribution is -2.20. The molecule has 2 atom stereocenters. The van der Waals surface area contributed by atoms with E-state index in [4.69, 9.17) is 4.74 Å². The second kappa shape index (κ2) is 10.3. The summed E-state index contributed by atoms with van der Waals surface area (Å²) in [5, 5.41) is 0. The van der Waals surface area contributed by atoms with Gasteiger partial charge in [0, 0.05) is 5.57 Å². The third-order valence-electron chi connectivity index (χ3n) is 3.87. The fourth-order valence-corrected chi connectivity index (χ4v) is 2.90. The molecular formula is C23H28O. The van der Waals surface area contributed by atoms with Crippen molar-refractivity contribution in [3.63, 3.8) is 0 Å². The van der Waals surface area contributed by atoms with Gasteiger partial charge >= 0.3 is 0 Å². The Morgan fingerprint density at radius 2 is 1.71 bits per heavy atom. The van der Waals surface area contributed by atoms with Crippen molar-refractivity contribution in [1.82, 2.24) is 0 Å². The molecule has 0 aromatic heterocycles. The van der Waals surface area contributed by atoms with Crippen LogP contribution in [0.5, 0.6) is 0 Å². The van der Waals surface area contributed by atoms with Gasteiger partial charge in [0.15, 0.2) is 0 Å². The molecule has 1 nitrogen and oxygen atoms in total. The summed E-state index contributed by atoms with van der Waals surface area (Å²) >= 11 is 0. The van der Waals surface area contributed by atoms with Crippen LogP contribution in [0.1, 0.15) is 20.8 Å². The zero-order valence-corrected chi connectivity index (χ0v) is 15.0. The summed E-state index contributed by atoms with van der Waals surface area (Å²) in [5.41, 5.74) is 3.46. The van der Waals surface area contributed by atoms with E-state index in [0.717, 1.165) is 11.3 Å². The summed E-state index contributed by atoms with van der Waals surface area (Å²) < 4.78 is 6.30. The molecule has 1 heterocycles. The highest BCUT2D eigenvalue weighted by Gasteiger charge is 2.39. The predicted octanol–water partition coefficient (Wildman–Crippen LogP) is 6.39. The van der Waals surface area contributed by atoms with Crippen molar-refractivity contribution in [2.24, 2.45) is 5.92 Å². The van der Waals surface area contributed by atoms with Crippen molar-refractivity contribution in [1.29, 1.82) is 0 Å². The third kappa shape index (κ3) is 4.48. The van der Waals surface area contributed by atoms with Crippen molar-refractivity contribution in [2.45, 2.75) is 26.9 Å². The van der Waals surface area contributed by atoms with E-state index in [2.05, 4.69) is 51.0 Å². The van der Waals surface area contributed by atoms with Gasteiger partial charge in [-0.1, -0.05) is 80.5 Å². The van der Waals surface area contributed by atoms with Crippen molar-refractivity contribution in [3.05, 3.63) is 109 Å². The summed E-state index contributed by atoms with van der Waals surface area (Å²) in [7, 11) is 0. The Morgan fingerprint density at radius 3 is 2.21 bits per heavy atom. The van der Waals surface area contributed by atoms with Gasteiger partial charge in [0.05, 0.1) is 5.92 Å². The summed E-state index contributed by atoms with van der Waals surface area (Å²) in [5.74, 6) is 0.984. The van der Waals surface area contributed by atoms with Gasteiger partial charge in [-0.25, -0.2) is 0 Å². The van der Waals surface area contributed by atoms with E-state index in [0.29, 0.717) is 0 Å². The second-order valence-corrected chi connectivity index (χ2v) is 5.31. The molecule has 0 N–H and O–H groups in total. The molecule has 0 aromatic carbocycles. The number of ether oxygens (including phenoxy) is 1.